The van der Waals surface area contributed by atoms with E-state index in [9.17, 15) is 4.79 Å². The molecule has 1 unspecified atom stereocenters. The smallest absolute Gasteiger partial charge is 0.156 e. The highest BCUT2D eigenvalue weighted by molar-refractivity contribution is 5.94. The number of hydrogen-bond acceptors (Lipinski definition) is 3. The van der Waals surface area contributed by atoms with Crippen LogP contribution in [0.15, 0.2) is 36.5 Å². The molecule has 1 atom stereocenters. The summed E-state index contributed by atoms with van der Waals surface area (Å²) in [5, 5.41) is 4.42. The van der Waals surface area contributed by atoms with Gasteiger partial charge in [0.1, 0.15) is 0 Å². The quantitative estimate of drug-likeness (QED) is 0.915. The fraction of sp³-hybridized carbons (Fsp3) is 0.375. The van der Waals surface area contributed by atoms with E-state index in [0.29, 0.717) is 6.42 Å². The monoisotopic (exact) mass is 254 g/mol. The molecular weight excluding hydrogens is 236 g/mol. The van der Waals surface area contributed by atoms with Crippen molar-refractivity contribution in [1.29, 1.82) is 0 Å². The predicted molar refractivity (Wildman–Crippen MR) is 76.1 cm³/mol. The third-order valence-corrected chi connectivity index (χ3v) is 4.07. The van der Waals surface area contributed by atoms with Crippen molar-refractivity contribution in [2.45, 2.75) is 31.7 Å². The fourth-order valence-corrected chi connectivity index (χ4v) is 2.81. The highest BCUT2D eigenvalue weighted by atomic mass is 16.1. The van der Waals surface area contributed by atoms with E-state index in [4.69, 9.17) is 0 Å². The summed E-state index contributed by atoms with van der Waals surface area (Å²) in [6.45, 7) is 2.96. The number of para-hydroxylation sites is 1. The van der Waals surface area contributed by atoms with Crippen LogP contribution in [0.1, 0.15) is 25.3 Å². The summed E-state index contributed by atoms with van der Waals surface area (Å²) >= 11 is 0. The van der Waals surface area contributed by atoms with Gasteiger partial charge in [-0.1, -0.05) is 18.2 Å². The van der Waals surface area contributed by atoms with Gasteiger partial charge in [-0.25, -0.2) is 0 Å². The number of fused-ring (bicyclic) bond motifs is 1. The zero-order valence-corrected chi connectivity index (χ0v) is 11.1. The Labute approximate surface area is 113 Å². The lowest BCUT2D eigenvalue weighted by atomic mass is 9.89. The van der Waals surface area contributed by atoms with Crippen LogP contribution >= 0.6 is 0 Å². The molecule has 0 amide bonds. The molecule has 1 N–H and O–H groups in total. The van der Waals surface area contributed by atoms with E-state index in [1.165, 1.54) is 0 Å². The topological polar surface area (TPSA) is 42.0 Å². The van der Waals surface area contributed by atoms with Crippen molar-refractivity contribution in [1.82, 2.24) is 10.3 Å². The molecule has 0 saturated carbocycles. The number of ketones is 1. The van der Waals surface area contributed by atoms with Gasteiger partial charge in [0.05, 0.1) is 11.1 Å². The molecule has 3 rings (SSSR count). The van der Waals surface area contributed by atoms with Crippen molar-refractivity contribution in [3.8, 4) is 0 Å². The molecule has 1 aromatic heterocycles. The van der Waals surface area contributed by atoms with Crippen LogP contribution in [0.4, 0.5) is 0 Å². The van der Waals surface area contributed by atoms with Crippen molar-refractivity contribution >= 4 is 16.7 Å². The van der Waals surface area contributed by atoms with Crippen LogP contribution in [-0.2, 0) is 11.2 Å². The first-order valence-electron chi connectivity index (χ1n) is 6.80. The first-order valence-corrected chi connectivity index (χ1v) is 6.80. The lowest BCUT2D eigenvalue weighted by molar-refractivity contribution is -0.123. The van der Waals surface area contributed by atoms with E-state index in [1.54, 1.807) is 6.20 Å². The summed E-state index contributed by atoms with van der Waals surface area (Å²) in [4.78, 5) is 16.8. The van der Waals surface area contributed by atoms with Crippen LogP contribution < -0.4 is 5.32 Å². The van der Waals surface area contributed by atoms with E-state index in [2.05, 4.69) is 10.3 Å². The van der Waals surface area contributed by atoms with E-state index >= 15 is 0 Å². The maximum Gasteiger partial charge on any atom is 0.156 e. The maximum absolute atomic E-state index is 12.5. The first kappa shape index (κ1) is 12.3. The number of nitrogens with one attached hydrogen (secondary N) is 1. The van der Waals surface area contributed by atoms with Gasteiger partial charge in [-0.3, -0.25) is 9.78 Å². The number of carbonyl (C=O) groups excluding carboxylic acids is 1. The molecule has 3 heteroatoms. The van der Waals surface area contributed by atoms with Gasteiger partial charge < -0.3 is 5.32 Å². The predicted octanol–water partition coefficient (Wildman–Crippen LogP) is 2.49. The van der Waals surface area contributed by atoms with Crippen LogP contribution in [0, 0.1) is 0 Å². The molecule has 1 aliphatic rings. The number of hydrogen-bond donors (Lipinski definition) is 1. The molecule has 1 saturated heterocycles. The SMILES string of the molecule is CC1(C(=O)Cc2ccnc3ccccc23)CCCN1. The van der Waals surface area contributed by atoms with Gasteiger partial charge in [-0.15, -0.1) is 0 Å². The van der Waals surface area contributed by atoms with E-state index in [0.717, 1.165) is 35.9 Å². The minimum atomic E-state index is -0.343. The van der Waals surface area contributed by atoms with E-state index < -0.39 is 0 Å². The summed E-state index contributed by atoms with van der Waals surface area (Å²) in [6.07, 6.45) is 4.29. The van der Waals surface area contributed by atoms with Crippen molar-refractivity contribution in [2.75, 3.05) is 6.54 Å². The number of benzene rings is 1. The lowest BCUT2D eigenvalue weighted by Crippen LogP contribution is -2.45. The number of Topliss-reactive ketones (excluding diaryl/α,β-unsaturated/α-hetero) is 1. The molecule has 0 radical (unpaired) electrons. The molecule has 0 spiro atoms. The third-order valence-electron chi connectivity index (χ3n) is 4.07. The van der Waals surface area contributed by atoms with Crippen molar-refractivity contribution in [3.05, 3.63) is 42.1 Å². The third kappa shape index (κ3) is 2.26. The van der Waals surface area contributed by atoms with Crippen molar-refractivity contribution in [2.24, 2.45) is 0 Å². The van der Waals surface area contributed by atoms with Gasteiger partial charge in [0, 0.05) is 18.0 Å². The molecule has 2 aromatic rings. The summed E-state index contributed by atoms with van der Waals surface area (Å²) in [5.74, 6) is 0.279. The summed E-state index contributed by atoms with van der Waals surface area (Å²) in [6, 6.07) is 9.95. The van der Waals surface area contributed by atoms with Crippen LogP contribution in [0.3, 0.4) is 0 Å². The number of aromatic nitrogens is 1. The van der Waals surface area contributed by atoms with Gasteiger partial charge in [0.2, 0.25) is 0 Å². The summed E-state index contributed by atoms with van der Waals surface area (Å²) in [5.41, 5.74) is 1.69. The normalized spacial score (nSPS) is 22.8. The number of nitrogens with zero attached hydrogens (tertiary/aromatic N) is 1. The largest absolute Gasteiger partial charge is 0.305 e. The Hall–Kier alpha value is -1.74. The van der Waals surface area contributed by atoms with Gasteiger partial charge in [0.25, 0.3) is 0 Å². The molecule has 0 aliphatic carbocycles. The fourth-order valence-electron chi connectivity index (χ4n) is 2.81. The molecule has 0 bridgehead atoms. The summed E-state index contributed by atoms with van der Waals surface area (Å²) in [7, 11) is 0. The molecular formula is C16H18N2O. The second-order valence-corrected chi connectivity index (χ2v) is 5.45. The Kier molecular flexibility index (Phi) is 3.07. The minimum Gasteiger partial charge on any atom is -0.305 e. The van der Waals surface area contributed by atoms with Crippen molar-refractivity contribution < 1.29 is 4.79 Å². The van der Waals surface area contributed by atoms with Crippen molar-refractivity contribution in [3.63, 3.8) is 0 Å². The van der Waals surface area contributed by atoms with Gasteiger partial charge in [0.15, 0.2) is 5.78 Å². The zero-order chi connectivity index (χ0) is 13.3. The molecule has 3 nitrogen and oxygen atoms in total. The van der Waals surface area contributed by atoms with Gasteiger partial charge in [-0.05, 0) is 44.0 Å². The van der Waals surface area contributed by atoms with Crippen LogP contribution in [0.25, 0.3) is 10.9 Å². The second-order valence-electron chi connectivity index (χ2n) is 5.45. The molecule has 1 aromatic carbocycles. The Morgan fingerprint density at radius 3 is 3.00 bits per heavy atom. The van der Waals surface area contributed by atoms with Gasteiger partial charge in [-0.2, -0.15) is 0 Å². The highest BCUT2D eigenvalue weighted by Crippen LogP contribution is 2.23. The number of rotatable bonds is 3. The van der Waals surface area contributed by atoms with Gasteiger partial charge >= 0.3 is 0 Å². The summed E-state index contributed by atoms with van der Waals surface area (Å²) < 4.78 is 0. The zero-order valence-electron chi connectivity index (χ0n) is 11.1. The molecule has 1 aliphatic heterocycles. The number of pyridine rings is 1. The van der Waals surface area contributed by atoms with Crippen LogP contribution in [0.5, 0.6) is 0 Å². The van der Waals surface area contributed by atoms with Crippen LogP contribution in [-0.4, -0.2) is 22.9 Å². The molecule has 1 fully saturated rings. The second kappa shape index (κ2) is 4.74. The lowest BCUT2D eigenvalue weighted by Gasteiger charge is -2.22. The molecule has 98 valence electrons. The standard InChI is InChI=1S/C16H18N2O/c1-16(8-4-9-18-16)15(19)11-12-7-10-17-14-6-3-2-5-13(12)14/h2-3,5-7,10,18H,4,8-9,11H2,1H3. The first-order chi connectivity index (χ1) is 9.19. The Balaban J connectivity index is 1.91. The number of carbonyl (C=O) groups is 1. The molecule has 2 heterocycles. The van der Waals surface area contributed by atoms with E-state index in [1.807, 2.05) is 37.3 Å². The Bertz CT molecular complexity index is 610. The van der Waals surface area contributed by atoms with Crippen LogP contribution in [0.2, 0.25) is 0 Å². The maximum atomic E-state index is 12.5. The highest BCUT2D eigenvalue weighted by Gasteiger charge is 2.35. The minimum absolute atomic E-state index is 0.279. The molecule has 19 heavy (non-hydrogen) atoms. The Morgan fingerprint density at radius 1 is 1.37 bits per heavy atom. The van der Waals surface area contributed by atoms with E-state index in [-0.39, 0.29) is 11.3 Å². The Morgan fingerprint density at radius 2 is 2.21 bits per heavy atom. The average Bonchev–Trinajstić information content (AvgIpc) is 2.87. The average molecular weight is 254 g/mol.